The average molecular weight is 252 g/mol. The summed E-state index contributed by atoms with van der Waals surface area (Å²) in [4.78, 5) is 11.2. The number of carboxylic acid groups (broad SMARTS) is 1. The zero-order chi connectivity index (χ0) is 12.6. The molecule has 1 heterocycles. The van der Waals surface area contributed by atoms with Gasteiger partial charge in [0, 0.05) is 11.6 Å². The van der Waals surface area contributed by atoms with Gasteiger partial charge in [0.2, 0.25) is 0 Å². The number of hydrogen-bond acceptors (Lipinski definition) is 3. The molecule has 0 fully saturated rings. The summed E-state index contributed by atoms with van der Waals surface area (Å²) in [7, 11) is -1.27. The number of aryl methyl sites for hydroxylation is 1. The maximum atomic E-state index is 11.7. The van der Waals surface area contributed by atoms with E-state index < -0.39 is 16.8 Å². The summed E-state index contributed by atoms with van der Waals surface area (Å²) in [6.45, 7) is 1.92. The molecule has 1 N–H and O–H groups in total. The van der Waals surface area contributed by atoms with E-state index in [9.17, 15) is 9.00 Å². The van der Waals surface area contributed by atoms with Crippen molar-refractivity contribution in [1.29, 1.82) is 0 Å². The molecule has 17 heavy (non-hydrogen) atoms. The Morgan fingerprint density at radius 3 is 2.76 bits per heavy atom. The van der Waals surface area contributed by atoms with Crippen molar-refractivity contribution in [2.75, 3.05) is 6.26 Å². The lowest BCUT2D eigenvalue weighted by atomic mass is 10.2. The highest BCUT2D eigenvalue weighted by Crippen LogP contribution is 2.29. The van der Waals surface area contributed by atoms with Gasteiger partial charge in [0.25, 0.3) is 0 Å². The predicted octanol–water partition coefficient (Wildman–Crippen LogP) is 2.11. The van der Waals surface area contributed by atoms with E-state index in [-0.39, 0.29) is 12.2 Å². The van der Waals surface area contributed by atoms with Crippen molar-refractivity contribution >= 4 is 27.7 Å². The van der Waals surface area contributed by atoms with Crippen LogP contribution in [0.1, 0.15) is 11.3 Å². The number of furan rings is 1. The second-order valence-electron chi connectivity index (χ2n) is 3.88. The Kier molecular flexibility index (Phi) is 3.02. The van der Waals surface area contributed by atoms with Crippen molar-refractivity contribution in [2.45, 2.75) is 18.2 Å². The fourth-order valence-corrected chi connectivity index (χ4v) is 2.71. The zero-order valence-corrected chi connectivity index (χ0v) is 10.3. The van der Waals surface area contributed by atoms with Crippen LogP contribution in [0.15, 0.2) is 27.5 Å². The number of aliphatic carboxylic acids is 1. The van der Waals surface area contributed by atoms with E-state index in [0.29, 0.717) is 10.5 Å². The topological polar surface area (TPSA) is 67.5 Å². The molecule has 2 aromatic rings. The first-order chi connectivity index (χ1) is 7.99. The minimum Gasteiger partial charge on any atom is -0.481 e. The highest BCUT2D eigenvalue weighted by atomic mass is 32.2. The molecule has 0 amide bonds. The Morgan fingerprint density at radius 1 is 1.47 bits per heavy atom. The largest absolute Gasteiger partial charge is 0.481 e. The van der Waals surface area contributed by atoms with E-state index in [1.54, 1.807) is 6.07 Å². The second-order valence-corrected chi connectivity index (χ2v) is 5.20. The van der Waals surface area contributed by atoms with Crippen LogP contribution in [0, 0.1) is 6.92 Å². The van der Waals surface area contributed by atoms with Crippen LogP contribution in [0.3, 0.4) is 0 Å². The Labute approximate surface area is 101 Å². The summed E-state index contributed by atoms with van der Waals surface area (Å²) in [5.41, 5.74) is 1.60. The van der Waals surface area contributed by atoms with Gasteiger partial charge in [-0.3, -0.25) is 9.00 Å². The molecule has 0 spiro atoms. The van der Waals surface area contributed by atoms with E-state index in [2.05, 4.69) is 0 Å². The third-order valence-corrected chi connectivity index (χ3v) is 3.49. The van der Waals surface area contributed by atoms with E-state index in [0.717, 1.165) is 10.9 Å². The van der Waals surface area contributed by atoms with Crippen LogP contribution in [0.4, 0.5) is 0 Å². The third kappa shape index (κ3) is 2.24. The first kappa shape index (κ1) is 11.9. The van der Waals surface area contributed by atoms with Crippen molar-refractivity contribution < 1.29 is 18.5 Å². The third-order valence-electron chi connectivity index (χ3n) is 2.47. The Hall–Kier alpha value is -1.62. The molecule has 2 rings (SSSR count). The molecule has 0 aliphatic carbocycles. The minimum absolute atomic E-state index is 0.247. The number of hydrogen-bond donors (Lipinski definition) is 1. The van der Waals surface area contributed by atoms with Gasteiger partial charge < -0.3 is 9.52 Å². The SMILES string of the molecule is Cc1ccc2oc(CC(=O)O)c(S(C)=O)c2c1. The monoisotopic (exact) mass is 252 g/mol. The zero-order valence-electron chi connectivity index (χ0n) is 9.52. The van der Waals surface area contributed by atoms with Crippen LogP contribution in [0.25, 0.3) is 11.0 Å². The van der Waals surface area contributed by atoms with E-state index in [1.165, 1.54) is 6.26 Å². The number of carbonyl (C=O) groups is 1. The van der Waals surface area contributed by atoms with Crippen LogP contribution in [-0.2, 0) is 22.0 Å². The van der Waals surface area contributed by atoms with Crippen molar-refractivity contribution in [3.63, 3.8) is 0 Å². The molecule has 1 aromatic carbocycles. The summed E-state index contributed by atoms with van der Waals surface area (Å²) < 4.78 is 17.1. The summed E-state index contributed by atoms with van der Waals surface area (Å²) in [6.07, 6.45) is 1.28. The molecule has 0 bridgehead atoms. The van der Waals surface area contributed by atoms with Gasteiger partial charge in [-0.1, -0.05) is 11.6 Å². The first-order valence-corrected chi connectivity index (χ1v) is 6.62. The number of rotatable bonds is 3. The quantitative estimate of drug-likeness (QED) is 0.908. The lowest BCUT2D eigenvalue weighted by Crippen LogP contribution is -2.02. The van der Waals surface area contributed by atoms with Crippen LogP contribution < -0.4 is 0 Å². The molecule has 0 radical (unpaired) electrons. The molecule has 1 aromatic heterocycles. The van der Waals surface area contributed by atoms with Crippen molar-refractivity contribution in [3.8, 4) is 0 Å². The van der Waals surface area contributed by atoms with Gasteiger partial charge in [0.1, 0.15) is 17.8 Å². The lowest BCUT2D eigenvalue weighted by molar-refractivity contribution is -0.136. The molecular weight excluding hydrogens is 240 g/mol. The molecule has 4 nitrogen and oxygen atoms in total. The van der Waals surface area contributed by atoms with Gasteiger partial charge in [-0.15, -0.1) is 0 Å². The molecule has 1 unspecified atom stereocenters. The molecule has 0 saturated heterocycles. The number of benzene rings is 1. The molecule has 0 saturated carbocycles. The predicted molar refractivity (Wildman–Crippen MR) is 64.6 cm³/mol. The summed E-state index contributed by atoms with van der Waals surface area (Å²) in [5, 5.41) is 9.53. The van der Waals surface area contributed by atoms with Gasteiger partial charge in [0.05, 0.1) is 15.7 Å². The van der Waals surface area contributed by atoms with Crippen molar-refractivity contribution in [1.82, 2.24) is 0 Å². The number of fused-ring (bicyclic) bond motifs is 1. The molecule has 0 aliphatic heterocycles. The summed E-state index contributed by atoms with van der Waals surface area (Å²) in [5.74, 6) is -0.716. The Balaban J connectivity index is 2.71. The Bertz CT molecular complexity index is 612. The highest BCUT2D eigenvalue weighted by Gasteiger charge is 2.19. The van der Waals surface area contributed by atoms with Gasteiger partial charge in [0.15, 0.2) is 0 Å². The molecule has 90 valence electrons. The fourth-order valence-electron chi connectivity index (χ4n) is 1.81. The second kappa shape index (κ2) is 4.33. The first-order valence-electron chi connectivity index (χ1n) is 5.06. The van der Waals surface area contributed by atoms with E-state index >= 15 is 0 Å². The van der Waals surface area contributed by atoms with Crippen molar-refractivity contribution in [2.24, 2.45) is 0 Å². The molecule has 5 heteroatoms. The standard InChI is InChI=1S/C12H12O4S/c1-7-3-4-9-8(5-7)12(17(2)15)10(16-9)6-11(13)14/h3-5H,6H2,1-2H3,(H,13,14). The van der Waals surface area contributed by atoms with Gasteiger partial charge in [-0.25, -0.2) is 0 Å². The van der Waals surface area contributed by atoms with Gasteiger partial charge >= 0.3 is 5.97 Å². The Morgan fingerprint density at radius 2 is 2.18 bits per heavy atom. The van der Waals surface area contributed by atoms with Crippen molar-refractivity contribution in [3.05, 3.63) is 29.5 Å². The maximum absolute atomic E-state index is 11.7. The lowest BCUT2D eigenvalue weighted by Gasteiger charge is -1.96. The molecule has 1 atom stereocenters. The van der Waals surface area contributed by atoms with Crippen LogP contribution >= 0.6 is 0 Å². The van der Waals surface area contributed by atoms with Gasteiger partial charge in [-0.2, -0.15) is 0 Å². The van der Waals surface area contributed by atoms with Crippen LogP contribution in [0.2, 0.25) is 0 Å². The van der Waals surface area contributed by atoms with Gasteiger partial charge in [-0.05, 0) is 19.1 Å². The van der Waals surface area contributed by atoms with Crippen LogP contribution in [-0.4, -0.2) is 21.5 Å². The smallest absolute Gasteiger partial charge is 0.311 e. The molecule has 0 aliphatic rings. The molecular formula is C12H12O4S. The van der Waals surface area contributed by atoms with E-state index in [1.807, 2.05) is 19.1 Å². The highest BCUT2D eigenvalue weighted by molar-refractivity contribution is 7.84. The fraction of sp³-hybridized carbons (Fsp3) is 0.250. The summed E-state index contributed by atoms with van der Waals surface area (Å²) in [6, 6.07) is 5.51. The van der Waals surface area contributed by atoms with Crippen LogP contribution in [0.5, 0.6) is 0 Å². The number of carboxylic acids is 1. The minimum atomic E-state index is -1.27. The maximum Gasteiger partial charge on any atom is 0.311 e. The normalized spacial score (nSPS) is 12.8. The van der Waals surface area contributed by atoms with E-state index in [4.69, 9.17) is 9.52 Å². The average Bonchev–Trinajstić information content (AvgIpc) is 2.53. The summed E-state index contributed by atoms with van der Waals surface area (Å²) >= 11 is 0.